The van der Waals surface area contributed by atoms with Crippen LogP contribution < -0.4 is 10.6 Å². The van der Waals surface area contributed by atoms with Crippen LogP contribution in [0.3, 0.4) is 0 Å². The molecule has 0 amide bonds. The van der Waals surface area contributed by atoms with Crippen LogP contribution >= 0.6 is 0 Å². The third-order valence-electron chi connectivity index (χ3n) is 3.30. The van der Waals surface area contributed by atoms with E-state index in [9.17, 15) is 5.11 Å². The molecule has 0 atom stereocenters. The molecule has 0 spiro atoms. The molecule has 88 valence electrons. The van der Waals surface area contributed by atoms with Crippen molar-refractivity contribution in [3.05, 3.63) is 24.3 Å². The molecule has 0 bridgehead atoms. The first-order valence-corrected chi connectivity index (χ1v) is 5.57. The molecule has 1 fully saturated rings. The summed E-state index contributed by atoms with van der Waals surface area (Å²) in [5, 5.41) is 18.9. The number of benzene rings is 1. The largest absolute Gasteiger partial charge is 0.506 e. The van der Waals surface area contributed by atoms with E-state index in [1.807, 2.05) is 18.2 Å². The van der Waals surface area contributed by atoms with Crippen LogP contribution in [0, 0.1) is 0 Å². The van der Waals surface area contributed by atoms with Crippen molar-refractivity contribution in [2.24, 2.45) is 5.73 Å². The molecule has 1 saturated heterocycles. The van der Waals surface area contributed by atoms with Gasteiger partial charge in [-0.2, -0.15) is 0 Å². The first-order valence-electron chi connectivity index (χ1n) is 5.57. The Kier molecular flexibility index (Phi) is 3.03. The highest BCUT2D eigenvalue weighted by Crippen LogP contribution is 2.30. The SMILES string of the molecule is NC1(CO)CCN(c2ccccc2O)CC1. The van der Waals surface area contributed by atoms with E-state index in [-0.39, 0.29) is 6.61 Å². The quantitative estimate of drug-likeness (QED) is 0.688. The minimum atomic E-state index is -0.444. The van der Waals surface area contributed by atoms with Gasteiger partial charge in [-0.3, -0.25) is 0 Å². The zero-order valence-corrected chi connectivity index (χ0v) is 9.26. The molecule has 16 heavy (non-hydrogen) atoms. The van der Waals surface area contributed by atoms with Crippen LogP contribution in [0.4, 0.5) is 5.69 Å². The average Bonchev–Trinajstić information content (AvgIpc) is 2.31. The van der Waals surface area contributed by atoms with Gasteiger partial charge in [-0.05, 0) is 25.0 Å². The Hall–Kier alpha value is -1.26. The Morgan fingerprint density at radius 1 is 1.25 bits per heavy atom. The normalized spacial score (nSPS) is 19.8. The number of phenolic OH excluding ortho intramolecular Hbond substituents is 1. The number of anilines is 1. The summed E-state index contributed by atoms with van der Waals surface area (Å²) in [4.78, 5) is 2.11. The second kappa shape index (κ2) is 4.31. The standard InChI is InChI=1S/C12H18N2O2/c13-12(9-15)5-7-14(8-6-12)10-3-1-2-4-11(10)16/h1-4,15-16H,5-9,13H2. The predicted octanol–water partition coefficient (Wildman–Crippen LogP) is 0.682. The zero-order valence-electron chi connectivity index (χ0n) is 9.26. The number of phenols is 1. The Morgan fingerprint density at radius 3 is 2.44 bits per heavy atom. The fraction of sp³-hybridized carbons (Fsp3) is 0.500. The lowest BCUT2D eigenvalue weighted by molar-refractivity contribution is 0.170. The van der Waals surface area contributed by atoms with Gasteiger partial charge in [0.2, 0.25) is 0 Å². The van der Waals surface area contributed by atoms with E-state index in [2.05, 4.69) is 4.90 Å². The van der Waals surface area contributed by atoms with Crippen molar-refractivity contribution in [2.45, 2.75) is 18.4 Å². The van der Waals surface area contributed by atoms with E-state index in [0.29, 0.717) is 5.75 Å². The number of hydrogen-bond donors (Lipinski definition) is 3. The highest BCUT2D eigenvalue weighted by molar-refractivity contribution is 5.57. The zero-order chi connectivity index (χ0) is 11.6. The van der Waals surface area contributed by atoms with Crippen molar-refractivity contribution >= 4 is 5.69 Å². The molecule has 0 radical (unpaired) electrons. The predicted molar refractivity (Wildman–Crippen MR) is 63.6 cm³/mol. The minimum absolute atomic E-state index is 0.0294. The average molecular weight is 222 g/mol. The summed E-state index contributed by atoms with van der Waals surface area (Å²) in [6.45, 7) is 1.57. The summed E-state index contributed by atoms with van der Waals surface area (Å²) in [6, 6.07) is 7.30. The van der Waals surface area contributed by atoms with Gasteiger partial charge in [0, 0.05) is 18.6 Å². The van der Waals surface area contributed by atoms with E-state index in [4.69, 9.17) is 10.8 Å². The van der Waals surface area contributed by atoms with E-state index >= 15 is 0 Å². The van der Waals surface area contributed by atoms with Gasteiger partial charge in [0.05, 0.1) is 12.3 Å². The molecule has 0 aromatic heterocycles. The Morgan fingerprint density at radius 2 is 1.88 bits per heavy atom. The molecule has 0 saturated carbocycles. The molecule has 2 rings (SSSR count). The van der Waals surface area contributed by atoms with Crippen molar-refractivity contribution in [1.82, 2.24) is 0 Å². The first kappa shape index (κ1) is 11.2. The Balaban J connectivity index is 2.07. The van der Waals surface area contributed by atoms with Crippen LogP contribution in [-0.4, -0.2) is 35.4 Å². The van der Waals surface area contributed by atoms with Crippen molar-refractivity contribution in [3.8, 4) is 5.75 Å². The minimum Gasteiger partial charge on any atom is -0.506 e. The molecular formula is C12H18N2O2. The van der Waals surface area contributed by atoms with E-state index in [0.717, 1.165) is 31.6 Å². The van der Waals surface area contributed by atoms with Crippen molar-refractivity contribution < 1.29 is 10.2 Å². The molecule has 1 aliphatic rings. The molecular weight excluding hydrogens is 204 g/mol. The third kappa shape index (κ3) is 2.13. The van der Waals surface area contributed by atoms with Gasteiger partial charge in [-0.25, -0.2) is 0 Å². The number of para-hydroxylation sites is 2. The van der Waals surface area contributed by atoms with E-state index in [1.54, 1.807) is 6.07 Å². The summed E-state index contributed by atoms with van der Waals surface area (Å²) in [6.07, 6.45) is 1.50. The maximum Gasteiger partial charge on any atom is 0.138 e. The summed E-state index contributed by atoms with van der Waals surface area (Å²) in [5.74, 6) is 0.302. The van der Waals surface area contributed by atoms with Gasteiger partial charge in [0.25, 0.3) is 0 Å². The van der Waals surface area contributed by atoms with Crippen molar-refractivity contribution in [1.29, 1.82) is 0 Å². The highest BCUT2D eigenvalue weighted by atomic mass is 16.3. The van der Waals surface area contributed by atoms with Crippen LogP contribution in [0.25, 0.3) is 0 Å². The number of piperidine rings is 1. The summed E-state index contributed by atoms with van der Waals surface area (Å²) < 4.78 is 0. The van der Waals surface area contributed by atoms with Crippen molar-refractivity contribution in [2.75, 3.05) is 24.6 Å². The number of hydrogen-bond acceptors (Lipinski definition) is 4. The molecule has 0 aliphatic carbocycles. The van der Waals surface area contributed by atoms with Gasteiger partial charge >= 0.3 is 0 Å². The van der Waals surface area contributed by atoms with Gasteiger partial charge in [0.15, 0.2) is 0 Å². The van der Waals surface area contributed by atoms with Crippen LogP contribution in [0.15, 0.2) is 24.3 Å². The Labute approximate surface area is 95.3 Å². The van der Waals surface area contributed by atoms with E-state index in [1.165, 1.54) is 0 Å². The molecule has 1 aromatic rings. The van der Waals surface area contributed by atoms with E-state index < -0.39 is 5.54 Å². The molecule has 4 heteroatoms. The number of aliphatic hydroxyl groups excluding tert-OH is 1. The topological polar surface area (TPSA) is 69.7 Å². The number of nitrogens with two attached hydrogens (primary N) is 1. The fourth-order valence-corrected chi connectivity index (χ4v) is 2.08. The monoisotopic (exact) mass is 222 g/mol. The second-order valence-corrected chi connectivity index (χ2v) is 4.50. The maximum atomic E-state index is 9.73. The number of rotatable bonds is 2. The summed E-state index contributed by atoms with van der Waals surface area (Å²) in [7, 11) is 0. The van der Waals surface area contributed by atoms with Crippen LogP contribution in [-0.2, 0) is 0 Å². The molecule has 1 heterocycles. The molecule has 1 aromatic carbocycles. The molecule has 4 nitrogen and oxygen atoms in total. The van der Waals surface area contributed by atoms with Crippen LogP contribution in [0.2, 0.25) is 0 Å². The second-order valence-electron chi connectivity index (χ2n) is 4.50. The third-order valence-corrected chi connectivity index (χ3v) is 3.30. The summed E-state index contributed by atoms with van der Waals surface area (Å²) in [5.41, 5.74) is 6.40. The van der Waals surface area contributed by atoms with Gasteiger partial charge in [-0.1, -0.05) is 12.1 Å². The number of aromatic hydroxyl groups is 1. The lowest BCUT2D eigenvalue weighted by atomic mass is 9.89. The fourth-order valence-electron chi connectivity index (χ4n) is 2.08. The van der Waals surface area contributed by atoms with Crippen LogP contribution in [0.1, 0.15) is 12.8 Å². The molecule has 1 aliphatic heterocycles. The maximum absolute atomic E-state index is 9.73. The first-order chi connectivity index (χ1) is 7.64. The Bertz CT molecular complexity index is 360. The number of aliphatic hydroxyl groups is 1. The van der Waals surface area contributed by atoms with Crippen molar-refractivity contribution in [3.63, 3.8) is 0 Å². The lowest BCUT2D eigenvalue weighted by Gasteiger charge is -2.39. The molecule has 0 unspecified atom stereocenters. The molecule has 4 N–H and O–H groups in total. The van der Waals surface area contributed by atoms with Gasteiger partial charge in [-0.15, -0.1) is 0 Å². The highest BCUT2D eigenvalue weighted by Gasteiger charge is 2.30. The smallest absolute Gasteiger partial charge is 0.138 e. The summed E-state index contributed by atoms with van der Waals surface area (Å²) >= 11 is 0. The number of nitrogens with zero attached hydrogens (tertiary/aromatic N) is 1. The van der Waals surface area contributed by atoms with Gasteiger partial charge < -0.3 is 20.8 Å². The lowest BCUT2D eigenvalue weighted by Crippen LogP contribution is -2.52. The van der Waals surface area contributed by atoms with Crippen LogP contribution in [0.5, 0.6) is 5.75 Å². The van der Waals surface area contributed by atoms with Gasteiger partial charge in [0.1, 0.15) is 5.75 Å².